The SMILES string of the molecule is NCCCC[C@@H]1NC(=O)[C@H]2CN(C(=O)c3cccs3)CCN2C1=O. The monoisotopic (exact) mass is 350 g/mol. The molecule has 2 aliphatic rings. The van der Waals surface area contributed by atoms with E-state index in [1.54, 1.807) is 15.9 Å². The molecule has 2 aliphatic heterocycles. The average molecular weight is 350 g/mol. The van der Waals surface area contributed by atoms with E-state index in [1.165, 1.54) is 11.3 Å². The van der Waals surface area contributed by atoms with Gasteiger partial charge in [0.1, 0.15) is 12.1 Å². The van der Waals surface area contributed by atoms with Crippen molar-refractivity contribution in [2.75, 3.05) is 26.2 Å². The van der Waals surface area contributed by atoms with E-state index in [1.807, 2.05) is 11.4 Å². The zero-order valence-electron chi connectivity index (χ0n) is 13.4. The summed E-state index contributed by atoms with van der Waals surface area (Å²) >= 11 is 1.38. The minimum absolute atomic E-state index is 0.0418. The van der Waals surface area contributed by atoms with Crippen molar-refractivity contribution in [2.45, 2.75) is 31.3 Å². The van der Waals surface area contributed by atoms with Gasteiger partial charge < -0.3 is 20.9 Å². The first-order chi connectivity index (χ1) is 11.6. The van der Waals surface area contributed by atoms with Gasteiger partial charge in [-0.3, -0.25) is 14.4 Å². The largest absolute Gasteiger partial charge is 0.342 e. The van der Waals surface area contributed by atoms with Crippen molar-refractivity contribution in [3.63, 3.8) is 0 Å². The molecule has 3 N–H and O–H groups in total. The summed E-state index contributed by atoms with van der Waals surface area (Å²) in [6, 6.07) is 2.57. The third kappa shape index (κ3) is 3.29. The Morgan fingerprint density at radius 1 is 1.33 bits per heavy atom. The summed E-state index contributed by atoms with van der Waals surface area (Å²) in [5, 5.41) is 4.67. The Labute approximate surface area is 144 Å². The van der Waals surface area contributed by atoms with Crippen molar-refractivity contribution in [3.05, 3.63) is 22.4 Å². The van der Waals surface area contributed by atoms with Crippen molar-refractivity contribution < 1.29 is 14.4 Å². The van der Waals surface area contributed by atoms with E-state index in [-0.39, 0.29) is 24.3 Å². The molecular weight excluding hydrogens is 328 g/mol. The summed E-state index contributed by atoms with van der Waals surface area (Å²) < 4.78 is 0. The number of nitrogens with two attached hydrogens (primary N) is 1. The Kier molecular flexibility index (Phi) is 5.15. The minimum Gasteiger partial charge on any atom is -0.342 e. The van der Waals surface area contributed by atoms with Gasteiger partial charge >= 0.3 is 0 Å². The number of nitrogens with zero attached hydrogens (tertiary/aromatic N) is 2. The van der Waals surface area contributed by atoms with E-state index in [0.717, 1.165) is 12.8 Å². The third-order valence-corrected chi connectivity index (χ3v) is 5.40. The first-order valence-corrected chi connectivity index (χ1v) is 9.13. The lowest BCUT2D eigenvalue weighted by Gasteiger charge is -2.45. The first-order valence-electron chi connectivity index (χ1n) is 8.25. The van der Waals surface area contributed by atoms with Gasteiger partial charge in [-0.1, -0.05) is 6.07 Å². The topological polar surface area (TPSA) is 95.7 Å². The fourth-order valence-electron chi connectivity index (χ4n) is 3.23. The fourth-order valence-corrected chi connectivity index (χ4v) is 3.92. The summed E-state index contributed by atoms with van der Waals surface area (Å²) in [4.78, 5) is 41.4. The van der Waals surface area contributed by atoms with Crippen LogP contribution >= 0.6 is 11.3 Å². The molecule has 3 amide bonds. The first kappa shape index (κ1) is 16.9. The smallest absolute Gasteiger partial charge is 0.264 e. The molecule has 0 aromatic carbocycles. The summed E-state index contributed by atoms with van der Waals surface area (Å²) in [5.74, 6) is -0.286. The van der Waals surface area contributed by atoms with Crippen LogP contribution in [-0.4, -0.2) is 65.8 Å². The number of piperazine rings is 2. The van der Waals surface area contributed by atoms with Crippen molar-refractivity contribution in [1.29, 1.82) is 0 Å². The zero-order valence-corrected chi connectivity index (χ0v) is 14.3. The van der Waals surface area contributed by atoms with Gasteiger partial charge in [0.05, 0.1) is 11.4 Å². The lowest BCUT2D eigenvalue weighted by Crippen LogP contribution is -2.69. The number of unbranched alkanes of at least 4 members (excludes halogenated alkanes) is 1. The molecule has 2 atom stereocenters. The van der Waals surface area contributed by atoms with Gasteiger partial charge in [0.15, 0.2) is 0 Å². The molecule has 3 rings (SSSR count). The van der Waals surface area contributed by atoms with Gasteiger partial charge in [-0.2, -0.15) is 0 Å². The molecule has 2 fully saturated rings. The maximum Gasteiger partial charge on any atom is 0.264 e. The highest BCUT2D eigenvalue weighted by Gasteiger charge is 2.44. The number of amides is 3. The van der Waals surface area contributed by atoms with Crippen LogP contribution in [0.25, 0.3) is 0 Å². The molecule has 1 aromatic rings. The highest BCUT2D eigenvalue weighted by Crippen LogP contribution is 2.21. The number of rotatable bonds is 5. The second kappa shape index (κ2) is 7.31. The Bertz CT molecular complexity index is 619. The van der Waals surface area contributed by atoms with Gasteiger partial charge in [-0.15, -0.1) is 11.3 Å². The van der Waals surface area contributed by atoms with Crippen LogP contribution in [0.2, 0.25) is 0 Å². The third-order valence-electron chi connectivity index (χ3n) is 4.55. The average Bonchev–Trinajstić information content (AvgIpc) is 3.13. The van der Waals surface area contributed by atoms with E-state index in [4.69, 9.17) is 5.73 Å². The lowest BCUT2D eigenvalue weighted by atomic mass is 10.00. The van der Waals surface area contributed by atoms with Gasteiger partial charge in [-0.05, 0) is 37.3 Å². The van der Waals surface area contributed by atoms with Crippen LogP contribution in [0.4, 0.5) is 0 Å². The number of carbonyl (C=O) groups excluding carboxylic acids is 3. The molecule has 0 unspecified atom stereocenters. The minimum atomic E-state index is -0.582. The molecule has 0 aliphatic carbocycles. The summed E-state index contributed by atoms with van der Waals surface area (Å²) in [7, 11) is 0. The summed E-state index contributed by atoms with van der Waals surface area (Å²) in [6.07, 6.45) is 2.27. The fraction of sp³-hybridized carbons (Fsp3) is 0.562. The van der Waals surface area contributed by atoms with Crippen molar-refractivity contribution in [3.8, 4) is 0 Å². The Morgan fingerprint density at radius 3 is 2.88 bits per heavy atom. The molecule has 0 spiro atoms. The number of thiophene rings is 1. The van der Waals surface area contributed by atoms with Gasteiger partial charge in [0, 0.05) is 13.1 Å². The maximum atomic E-state index is 12.6. The van der Waals surface area contributed by atoms with Gasteiger partial charge in [0.25, 0.3) is 5.91 Å². The number of carbonyl (C=O) groups is 3. The second-order valence-electron chi connectivity index (χ2n) is 6.12. The van der Waals surface area contributed by atoms with E-state index in [0.29, 0.717) is 30.9 Å². The molecule has 24 heavy (non-hydrogen) atoms. The summed E-state index contributed by atoms with van der Waals surface area (Å²) in [5.41, 5.74) is 5.48. The molecule has 1 aromatic heterocycles. The molecule has 3 heterocycles. The van der Waals surface area contributed by atoms with Crippen molar-refractivity contribution >= 4 is 29.1 Å². The Hall–Kier alpha value is -1.93. The normalized spacial score (nSPS) is 23.9. The molecular formula is C16H22N4O3S. The van der Waals surface area contributed by atoms with Crippen LogP contribution in [-0.2, 0) is 9.59 Å². The van der Waals surface area contributed by atoms with Crippen molar-refractivity contribution in [1.82, 2.24) is 15.1 Å². The van der Waals surface area contributed by atoms with Crippen molar-refractivity contribution in [2.24, 2.45) is 5.73 Å². The predicted octanol–water partition coefficient (Wildman–Crippen LogP) is 0.0285. The number of hydrogen-bond donors (Lipinski definition) is 2. The lowest BCUT2D eigenvalue weighted by molar-refractivity contribution is -0.152. The van der Waals surface area contributed by atoms with Crippen LogP contribution in [0.15, 0.2) is 17.5 Å². The molecule has 0 radical (unpaired) electrons. The highest BCUT2D eigenvalue weighted by molar-refractivity contribution is 7.12. The van der Waals surface area contributed by atoms with E-state index in [9.17, 15) is 14.4 Å². The van der Waals surface area contributed by atoms with Crippen LogP contribution < -0.4 is 11.1 Å². The van der Waals surface area contributed by atoms with Crippen LogP contribution in [0.5, 0.6) is 0 Å². The molecule has 2 saturated heterocycles. The predicted molar refractivity (Wildman–Crippen MR) is 90.6 cm³/mol. The number of fused-ring (bicyclic) bond motifs is 1. The van der Waals surface area contributed by atoms with Gasteiger partial charge in [0.2, 0.25) is 11.8 Å². The number of hydrogen-bond acceptors (Lipinski definition) is 5. The molecule has 130 valence electrons. The van der Waals surface area contributed by atoms with Crippen LogP contribution in [0.1, 0.15) is 28.9 Å². The van der Waals surface area contributed by atoms with E-state index >= 15 is 0 Å². The van der Waals surface area contributed by atoms with Gasteiger partial charge in [-0.25, -0.2) is 0 Å². The van der Waals surface area contributed by atoms with Crippen LogP contribution in [0, 0.1) is 0 Å². The highest BCUT2D eigenvalue weighted by atomic mass is 32.1. The van der Waals surface area contributed by atoms with E-state index < -0.39 is 12.1 Å². The zero-order chi connectivity index (χ0) is 17.1. The standard InChI is InChI=1S/C16H22N4O3S/c17-6-2-1-4-11-15(22)20-8-7-19(10-12(20)14(21)18-11)16(23)13-5-3-9-24-13/h3,5,9,11-12H,1-2,4,6-8,10,17H2,(H,18,21)/t11-,12+/m0/s1. The second-order valence-corrected chi connectivity index (χ2v) is 7.07. The van der Waals surface area contributed by atoms with E-state index in [2.05, 4.69) is 5.32 Å². The molecule has 0 saturated carbocycles. The van der Waals surface area contributed by atoms with Crippen LogP contribution in [0.3, 0.4) is 0 Å². The summed E-state index contributed by atoms with van der Waals surface area (Å²) in [6.45, 7) is 1.70. The molecule has 0 bridgehead atoms. The molecule has 8 heteroatoms. The number of nitrogens with one attached hydrogen (secondary N) is 1. The quantitative estimate of drug-likeness (QED) is 0.732. The Balaban J connectivity index is 1.65. The Morgan fingerprint density at radius 2 is 2.17 bits per heavy atom. The maximum absolute atomic E-state index is 12.6. The molecule has 7 nitrogen and oxygen atoms in total.